The standard InChI is InChI=1S/C20H17N/c1-14-9-12-19-18(13-14)17-11-10-15-7-5-3-4-6-8-16(15)20(17)21(19)2/h5,7,9-13H,3,8H2,1-2H3/b7-5-. The van der Waals surface area contributed by atoms with Crippen molar-refractivity contribution >= 4 is 27.9 Å². The van der Waals surface area contributed by atoms with Gasteiger partial charge in [0.25, 0.3) is 0 Å². The monoisotopic (exact) mass is 271 g/mol. The first-order chi connectivity index (χ1) is 10.3. The van der Waals surface area contributed by atoms with Crippen molar-refractivity contribution in [2.24, 2.45) is 7.05 Å². The van der Waals surface area contributed by atoms with Crippen LogP contribution in [-0.4, -0.2) is 4.57 Å². The van der Waals surface area contributed by atoms with Crippen molar-refractivity contribution in [2.75, 3.05) is 0 Å². The zero-order valence-electron chi connectivity index (χ0n) is 12.4. The van der Waals surface area contributed by atoms with Crippen molar-refractivity contribution in [1.82, 2.24) is 4.57 Å². The molecular weight excluding hydrogens is 254 g/mol. The van der Waals surface area contributed by atoms with Crippen molar-refractivity contribution in [3.8, 4) is 11.8 Å². The van der Waals surface area contributed by atoms with Crippen molar-refractivity contribution < 1.29 is 0 Å². The van der Waals surface area contributed by atoms with Gasteiger partial charge in [0.05, 0.1) is 5.52 Å². The molecule has 0 fully saturated rings. The van der Waals surface area contributed by atoms with Gasteiger partial charge < -0.3 is 4.57 Å². The van der Waals surface area contributed by atoms with Gasteiger partial charge in [0, 0.05) is 36.2 Å². The Labute approximate surface area is 124 Å². The molecule has 0 N–H and O–H groups in total. The van der Waals surface area contributed by atoms with Crippen LogP contribution in [0, 0.1) is 18.8 Å². The summed E-state index contributed by atoms with van der Waals surface area (Å²) in [7, 11) is 2.16. The van der Waals surface area contributed by atoms with Crippen molar-refractivity contribution in [1.29, 1.82) is 0 Å². The zero-order valence-corrected chi connectivity index (χ0v) is 12.4. The molecule has 1 heterocycles. The van der Waals surface area contributed by atoms with Gasteiger partial charge in [-0.05, 0) is 30.2 Å². The summed E-state index contributed by atoms with van der Waals surface area (Å²) in [6, 6.07) is 11.2. The summed E-state index contributed by atoms with van der Waals surface area (Å²) in [5.74, 6) is 6.51. The summed E-state index contributed by atoms with van der Waals surface area (Å²) >= 11 is 0. The summed E-state index contributed by atoms with van der Waals surface area (Å²) in [5.41, 5.74) is 6.59. The van der Waals surface area contributed by atoms with Crippen LogP contribution in [0.4, 0.5) is 0 Å². The van der Waals surface area contributed by atoms with Crippen LogP contribution in [0.3, 0.4) is 0 Å². The van der Waals surface area contributed by atoms with Gasteiger partial charge >= 0.3 is 0 Å². The average Bonchev–Trinajstić information content (AvgIpc) is 2.72. The molecule has 21 heavy (non-hydrogen) atoms. The van der Waals surface area contributed by atoms with Crippen LogP contribution >= 0.6 is 0 Å². The predicted molar refractivity (Wildman–Crippen MR) is 90.3 cm³/mol. The number of benzene rings is 2. The van der Waals surface area contributed by atoms with E-state index in [4.69, 9.17) is 0 Å². The number of rotatable bonds is 0. The van der Waals surface area contributed by atoms with Gasteiger partial charge in [0.2, 0.25) is 0 Å². The molecule has 0 saturated carbocycles. The number of fused-ring (bicyclic) bond motifs is 5. The van der Waals surface area contributed by atoms with E-state index in [9.17, 15) is 0 Å². The van der Waals surface area contributed by atoms with Crippen molar-refractivity contribution in [3.05, 3.63) is 53.1 Å². The lowest BCUT2D eigenvalue weighted by molar-refractivity contribution is 1.00. The Balaban J connectivity index is 2.18. The Morgan fingerprint density at radius 2 is 1.95 bits per heavy atom. The van der Waals surface area contributed by atoms with Crippen LogP contribution in [-0.2, 0) is 13.5 Å². The molecule has 1 aromatic heterocycles. The summed E-state index contributed by atoms with van der Waals surface area (Å²) in [6.07, 6.45) is 6.06. The first-order valence-electron chi connectivity index (χ1n) is 7.38. The van der Waals surface area contributed by atoms with E-state index in [1.807, 2.05) is 0 Å². The highest BCUT2D eigenvalue weighted by Crippen LogP contribution is 2.33. The molecule has 1 heteroatoms. The van der Waals surface area contributed by atoms with Crippen molar-refractivity contribution in [2.45, 2.75) is 19.8 Å². The molecular formula is C20H17N. The van der Waals surface area contributed by atoms with E-state index in [-0.39, 0.29) is 0 Å². The summed E-state index contributed by atoms with van der Waals surface area (Å²) in [6.45, 7) is 2.15. The van der Waals surface area contributed by atoms with E-state index in [1.165, 1.54) is 38.5 Å². The topological polar surface area (TPSA) is 4.93 Å². The maximum absolute atomic E-state index is 3.30. The Kier molecular flexibility index (Phi) is 2.65. The molecule has 0 aliphatic heterocycles. The lowest BCUT2D eigenvalue weighted by Gasteiger charge is -2.09. The molecule has 1 aliphatic rings. The number of allylic oxidation sites excluding steroid dienone is 1. The van der Waals surface area contributed by atoms with Crippen LogP contribution in [0.2, 0.25) is 0 Å². The molecule has 0 spiro atoms. The van der Waals surface area contributed by atoms with E-state index < -0.39 is 0 Å². The third-order valence-corrected chi connectivity index (χ3v) is 4.37. The van der Waals surface area contributed by atoms with Crippen LogP contribution in [0.5, 0.6) is 0 Å². The number of nitrogens with zero attached hydrogens (tertiary/aromatic N) is 1. The SMILES string of the molecule is Cc1ccc2c(c1)c1ccc3c(c1n2C)CC#CC/C=C\3. The molecule has 0 bridgehead atoms. The highest BCUT2D eigenvalue weighted by atomic mass is 14.9. The maximum atomic E-state index is 3.30. The van der Waals surface area contributed by atoms with Gasteiger partial charge in [-0.1, -0.05) is 47.8 Å². The second-order valence-corrected chi connectivity index (χ2v) is 5.75. The smallest absolute Gasteiger partial charge is 0.0537 e. The van der Waals surface area contributed by atoms with Gasteiger partial charge in [-0.25, -0.2) is 0 Å². The number of aromatic nitrogens is 1. The Bertz CT molecular complexity index is 958. The van der Waals surface area contributed by atoms with Crippen LogP contribution in [0.1, 0.15) is 23.1 Å². The average molecular weight is 271 g/mol. The second kappa shape index (κ2) is 4.53. The fourth-order valence-electron chi connectivity index (χ4n) is 3.34. The van der Waals surface area contributed by atoms with Gasteiger partial charge in [-0.15, -0.1) is 0 Å². The fraction of sp³-hybridized carbons (Fsp3) is 0.200. The molecule has 0 unspecified atom stereocenters. The normalized spacial score (nSPS) is 15.1. The van der Waals surface area contributed by atoms with Crippen LogP contribution in [0.15, 0.2) is 36.4 Å². The molecule has 0 saturated heterocycles. The minimum atomic E-state index is 0.833. The quantitative estimate of drug-likeness (QED) is 0.526. The van der Waals surface area contributed by atoms with Gasteiger partial charge in [0.1, 0.15) is 0 Å². The van der Waals surface area contributed by atoms with Crippen molar-refractivity contribution in [3.63, 3.8) is 0 Å². The predicted octanol–water partition coefficient (Wildman–Crippen LogP) is 4.60. The lowest BCUT2D eigenvalue weighted by Crippen LogP contribution is -1.96. The third-order valence-electron chi connectivity index (χ3n) is 4.37. The third kappa shape index (κ3) is 1.80. The van der Waals surface area contributed by atoms with E-state index in [0.29, 0.717) is 0 Å². The van der Waals surface area contributed by atoms with E-state index >= 15 is 0 Å². The summed E-state index contributed by atoms with van der Waals surface area (Å²) in [5, 5.41) is 2.68. The molecule has 1 aliphatic carbocycles. The largest absolute Gasteiger partial charge is 0.343 e. The Morgan fingerprint density at radius 3 is 2.86 bits per heavy atom. The van der Waals surface area contributed by atoms with Crippen LogP contribution in [0.25, 0.3) is 27.9 Å². The number of aryl methyl sites for hydroxylation is 2. The fourth-order valence-corrected chi connectivity index (χ4v) is 3.34. The van der Waals surface area contributed by atoms with Gasteiger partial charge in [-0.3, -0.25) is 0 Å². The molecule has 0 atom stereocenters. The highest BCUT2D eigenvalue weighted by Gasteiger charge is 2.14. The Hall–Kier alpha value is -2.46. The van der Waals surface area contributed by atoms with E-state index in [2.05, 4.69) is 72.9 Å². The molecule has 3 aromatic rings. The van der Waals surface area contributed by atoms with Gasteiger partial charge in [0.15, 0.2) is 0 Å². The first-order valence-corrected chi connectivity index (χ1v) is 7.38. The number of hydrogen-bond acceptors (Lipinski definition) is 0. The minimum Gasteiger partial charge on any atom is -0.343 e. The summed E-state index contributed by atoms with van der Waals surface area (Å²) in [4.78, 5) is 0. The highest BCUT2D eigenvalue weighted by molar-refractivity contribution is 6.10. The zero-order chi connectivity index (χ0) is 14.4. The van der Waals surface area contributed by atoms with Crippen LogP contribution < -0.4 is 0 Å². The minimum absolute atomic E-state index is 0.833. The van der Waals surface area contributed by atoms with Gasteiger partial charge in [-0.2, -0.15) is 0 Å². The maximum Gasteiger partial charge on any atom is 0.0537 e. The second-order valence-electron chi connectivity index (χ2n) is 5.75. The summed E-state index contributed by atoms with van der Waals surface area (Å²) < 4.78 is 2.32. The molecule has 0 amide bonds. The molecule has 0 radical (unpaired) electrons. The lowest BCUT2D eigenvalue weighted by atomic mass is 9.98. The van der Waals surface area contributed by atoms with E-state index in [1.54, 1.807) is 0 Å². The molecule has 2 aromatic carbocycles. The number of hydrogen-bond donors (Lipinski definition) is 0. The molecule has 102 valence electrons. The first kappa shape index (κ1) is 12.3. The Morgan fingerprint density at radius 1 is 1.05 bits per heavy atom. The van der Waals surface area contributed by atoms with E-state index in [0.717, 1.165) is 12.8 Å². The molecule has 4 rings (SSSR count). The molecule has 1 nitrogen and oxygen atoms in total.